The summed E-state index contributed by atoms with van der Waals surface area (Å²) in [5.74, 6) is -0.849. The van der Waals surface area contributed by atoms with Gasteiger partial charge in [0.15, 0.2) is 5.75 Å². The number of fused-ring (bicyclic) bond motifs is 1. The lowest BCUT2D eigenvalue weighted by Gasteiger charge is -2.35. The van der Waals surface area contributed by atoms with Gasteiger partial charge in [0.05, 0.1) is 29.0 Å². The Hall–Kier alpha value is -3.14. The van der Waals surface area contributed by atoms with Gasteiger partial charge in [-0.2, -0.15) is 0 Å². The molecule has 2 aliphatic rings. The van der Waals surface area contributed by atoms with E-state index >= 15 is 0 Å². The van der Waals surface area contributed by atoms with Crippen LogP contribution in [0, 0.1) is 5.82 Å². The van der Waals surface area contributed by atoms with Crippen molar-refractivity contribution in [3.05, 3.63) is 34.4 Å². The van der Waals surface area contributed by atoms with Gasteiger partial charge in [-0.25, -0.2) is 9.18 Å². The fraction of sp³-hybridized carbons (Fsp3) is 0.421. The lowest BCUT2D eigenvalue weighted by Crippen LogP contribution is -2.47. The number of carbonyl (C=O) groups is 1. The zero-order chi connectivity index (χ0) is 20.5. The van der Waals surface area contributed by atoms with Crippen LogP contribution in [0.5, 0.6) is 5.75 Å². The second-order valence-corrected chi connectivity index (χ2v) is 7.24. The summed E-state index contributed by atoms with van der Waals surface area (Å²) in [4.78, 5) is 27.5. The SMILES string of the molecule is O=C(O)Oc1cn(C2CC2)c2cc(N3CCN(CC=NO)CC3)c(F)cc2c1=O. The summed E-state index contributed by atoms with van der Waals surface area (Å²) in [7, 11) is 0. The zero-order valence-corrected chi connectivity index (χ0v) is 15.6. The molecule has 154 valence electrons. The first-order valence-corrected chi connectivity index (χ1v) is 9.40. The lowest BCUT2D eigenvalue weighted by atomic mass is 10.1. The molecular weight excluding hydrogens is 383 g/mol. The first kappa shape index (κ1) is 19.2. The summed E-state index contributed by atoms with van der Waals surface area (Å²) in [6.45, 7) is 3.08. The number of halogens is 1. The number of aromatic nitrogens is 1. The Morgan fingerprint density at radius 3 is 2.62 bits per heavy atom. The summed E-state index contributed by atoms with van der Waals surface area (Å²) >= 11 is 0. The first-order valence-electron chi connectivity index (χ1n) is 9.40. The number of oxime groups is 1. The number of piperazine rings is 1. The van der Waals surface area contributed by atoms with Crippen LogP contribution < -0.4 is 15.1 Å². The predicted molar refractivity (Wildman–Crippen MR) is 104 cm³/mol. The summed E-state index contributed by atoms with van der Waals surface area (Å²) in [5.41, 5.74) is 0.341. The fourth-order valence-corrected chi connectivity index (χ4v) is 3.72. The van der Waals surface area contributed by atoms with Crippen LogP contribution in [0.15, 0.2) is 28.3 Å². The molecule has 9 nitrogen and oxygen atoms in total. The smallest absolute Gasteiger partial charge is 0.449 e. The van der Waals surface area contributed by atoms with Crippen molar-refractivity contribution in [2.75, 3.05) is 37.6 Å². The second-order valence-electron chi connectivity index (χ2n) is 7.24. The van der Waals surface area contributed by atoms with Gasteiger partial charge in [-0.3, -0.25) is 9.69 Å². The van der Waals surface area contributed by atoms with Gasteiger partial charge in [0.25, 0.3) is 0 Å². The van der Waals surface area contributed by atoms with Crippen molar-refractivity contribution >= 4 is 29.0 Å². The third kappa shape index (κ3) is 3.88. The Balaban J connectivity index is 1.70. The molecule has 0 amide bonds. The van der Waals surface area contributed by atoms with Gasteiger partial charge in [0.1, 0.15) is 5.82 Å². The van der Waals surface area contributed by atoms with Gasteiger partial charge in [-0.05, 0) is 25.0 Å². The van der Waals surface area contributed by atoms with Crippen LogP contribution in [0.4, 0.5) is 14.9 Å². The van der Waals surface area contributed by atoms with Crippen molar-refractivity contribution in [2.45, 2.75) is 18.9 Å². The molecule has 1 aromatic carbocycles. The first-order chi connectivity index (χ1) is 14.0. The van der Waals surface area contributed by atoms with Gasteiger partial charge < -0.3 is 24.5 Å². The van der Waals surface area contributed by atoms with Gasteiger partial charge in [0, 0.05) is 38.8 Å². The monoisotopic (exact) mass is 404 g/mol. The third-order valence-corrected chi connectivity index (χ3v) is 5.34. The minimum absolute atomic E-state index is 0.106. The molecule has 1 aliphatic heterocycles. The maximum atomic E-state index is 14.9. The topological polar surface area (TPSA) is 108 Å². The Morgan fingerprint density at radius 1 is 1.28 bits per heavy atom. The van der Waals surface area contributed by atoms with Crippen LogP contribution in [0.3, 0.4) is 0 Å². The van der Waals surface area contributed by atoms with Crippen molar-refractivity contribution in [3.63, 3.8) is 0 Å². The second kappa shape index (κ2) is 7.70. The molecule has 1 saturated heterocycles. The van der Waals surface area contributed by atoms with Crippen molar-refractivity contribution in [1.82, 2.24) is 9.47 Å². The normalized spacial score (nSPS) is 17.9. The molecule has 10 heteroatoms. The van der Waals surface area contributed by atoms with Crippen LogP contribution in [0.25, 0.3) is 10.9 Å². The lowest BCUT2D eigenvalue weighted by molar-refractivity contribution is 0.143. The van der Waals surface area contributed by atoms with Crippen LogP contribution in [0.2, 0.25) is 0 Å². The molecule has 4 rings (SSSR count). The van der Waals surface area contributed by atoms with E-state index in [-0.39, 0.29) is 17.2 Å². The molecule has 1 saturated carbocycles. The Kier molecular flexibility index (Phi) is 5.10. The summed E-state index contributed by atoms with van der Waals surface area (Å²) in [5, 5.41) is 20.5. The highest BCUT2D eigenvalue weighted by molar-refractivity contribution is 5.85. The van der Waals surface area contributed by atoms with Crippen LogP contribution in [-0.2, 0) is 0 Å². The van der Waals surface area contributed by atoms with E-state index in [0.29, 0.717) is 43.9 Å². The zero-order valence-electron chi connectivity index (χ0n) is 15.6. The predicted octanol–water partition coefficient (Wildman–Crippen LogP) is 2.11. The number of anilines is 1. The minimum atomic E-state index is -1.58. The van der Waals surface area contributed by atoms with E-state index in [2.05, 4.69) is 14.8 Å². The van der Waals surface area contributed by atoms with Gasteiger partial charge >= 0.3 is 6.16 Å². The largest absolute Gasteiger partial charge is 0.511 e. The molecule has 0 bridgehead atoms. The van der Waals surface area contributed by atoms with E-state index in [9.17, 15) is 14.0 Å². The van der Waals surface area contributed by atoms with Crippen molar-refractivity contribution in [3.8, 4) is 5.75 Å². The summed E-state index contributed by atoms with van der Waals surface area (Å²) in [6.07, 6.45) is 3.05. The summed E-state index contributed by atoms with van der Waals surface area (Å²) in [6, 6.07) is 2.98. The van der Waals surface area contributed by atoms with E-state index in [4.69, 9.17) is 10.3 Å². The molecule has 0 spiro atoms. The quantitative estimate of drug-likeness (QED) is 0.340. The van der Waals surface area contributed by atoms with Crippen molar-refractivity contribution in [2.24, 2.45) is 5.16 Å². The van der Waals surface area contributed by atoms with E-state index < -0.39 is 17.4 Å². The van der Waals surface area contributed by atoms with E-state index in [1.807, 2.05) is 9.47 Å². The average molecular weight is 404 g/mol. The number of hydrogen-bond acceptors (Lipinski definition) is 7. The summed E-state index contributed by atoms with van der Waals surface area (Å²) < 4.78 is 21.3. The fourth-order valence-electron chi connectivity index (χ4n) is 3.72. The highest BCUT2D eigenvalue weighted by Crippen LogP contribution is 2.39. The molecule has 0 unspecified atom stereocenters. The minimum Gasteiger partial charge on any atom is -0.449 e. The number of pyridine rings is 1. The Bertz CT molecular complexity index is 1030. The van der Waals surface area contributed by atoms with Crippen molar-refractivity contribution in [1.29, 1.82) is 0 Å². The number of hydrogen-bond donors (Lipinski definition) is 2. The number of rotatable bonds is 5. The van der Waals surface area contributed by atoms with Crippen LogP contribution in [-0.4, -0.2) is 64.9 Å². The highest BCUT2D eigenvalue weighted by Gasteiger charge is 2.28. The maximum absolute atomic E-state index is 14.9. The highest BCUT2D eigenvalue weighted by atomic mass is 19.1. The van der Waals surface area contributed by atoms with Crippen LogP contribution >= 0.6 is 0 Å². The molecule has 2 N–H and O–H groups in total. The average Bonchev–Trinajstić information content (AvgIpc) is 3.54. The Labute approximate surface area is 165 Å². The van der Waals surface area contributed by atoms with E-state index in [1.54, 1.807) is 6.07 Å². The molecule has 0 atom stereocenters. The standard InChI is InChI=1S/C19H21FN4O5/c20-14-9-13-15(10-16(14)23-7-5-22(6-8-23)4-3-21-28)24(12-1-2-12)11-17(18(13)25)29-19(26)27/h3,9-12,28H,1-2,4-8H2,(H,26,27). The molecule has 1 aliphatic carbocycles. The Morgan fingerprint density at radius 2 is 2.00 bits per heavy atom. The van der Waals surface area contributed by atoms with Crippen molar-refractivity contribution < 1.29 is 24.2 Å². The number of ether oxygens (including phenoxy) is 1. The van der Waals surface area contributed by atoms with Gasteiger partial charge in [0.2, 0.25) is 5.43 Å². The molecule has 29 heavy (non-hydrogen) atoms. The van der Waals surface area contributed by atoms with Gasteiger partial charge in [-0.1, -0.05) is 0 Å². The number of benzene rings is 1. The molecule has 0 radical (unpaired) electrons. The molecule has 2 fully saturated rings. The van der Waals surface area contributed by atoms with E-state index in [1.165, 1.54) is 18.5 Å². The maximum Gasteiger partial charge on any atom is 0.511 e. The number of nitrogens with zero attached hydrogens (tertiary/aromatic N) is 4. The van der Waals surface area contributed by atoms with Crippen LogP contribution in [0.1, 0.15) is 18.9 Å². The molecule has 1 aromatic heterocycles. The van der Waals surface area contributed by atoms with Gasteiger partial charge in [-0.15, -0.1) is 5.16 Å². The molecule has 2 heterocycles. The molecular formula is C19H21FN4O5. The number of carboxylic acid groups (broad SMARTS) is 1. The van der Waals surface area contributed by atoms with E-state index in [0.717, 1.165) is 12.8 Å². The molecule has 2 aromatic rings. The third-order valence-electron chi connectivity index (χ3n) is 5.34.